The van der Waals surface area contributed by atoms with Crippen LogP contribution in [0.15, 0.2) is 71.9 Å². The highest BCUT2D eigenvalue weighted by atomic mass is 35.5. The van der Waals surface area contributed by atoms with E-state index in [0.29, 0.717) is 33.1 Å². The van der Waals surface area contributed by atoms with E-state index in [2.05, 4.69) is 15.0 Å². The molecule has 0 aliphatic heterocycles. The second-order valence-corrected chi connectivity index (χ2v) is 8.28. The van der Waals surface area contributed by atoms with Gasteiger partial charge in [0, 0.05) is 29.8 Å². The summed E-state index contributed by atoms with van der Waals surface area (Å²) in [6.07, 6.45) is 6.08. The molecule has 0 saturated carbocycles. The molecule has 0 fully saturated rings. The lowest BCUT2D eigenvalue weighted by molar-refractivity contribution is 0.277. The molecule has 0 aliphatic carbocycles. The van der Waals surface area contributed by atoms with Gasteiger partial charge in [-0.1, -0.05) is 30.7 Å². The molecule has 0 radical (unpaired) electrons. The molecule has 0 spiro atoms. The van der Waals surface area contributed by atoms with E-state index >= 15 is 0 Å². The summed E-state index contributed by atoms with van der Waals surface area (Å²) >= 11 is 6.56. The van der Waals surface area contributed by atoms with Crippen molar-refractivity contribution >= 4 is 34.0 Å². The number of rotatable bonds is 7. The minimum atomic E-state index is -0.409. The van der Waals surface area contributed by atoms with Crippen LogP contribution in [0.3, 0.4) is 0 Å². The molecule has 2 aromatic carbocycles. The van der Waals surface area contributed by atoms with Crippen molar-refractivity contribution in [2.75, 3.05) is 12.8 Å². The number of anilines is 1. The molecule has 6 nitrogen and oxygen atoms in total. The summed E-state index contributed by atoms with van der Waals surface area (Å²) in [4.78, 5) is 18.0. The van der Waals surface area contributed by atoms with E-state index in [4.69, 9.17) is 27.1 Å². The lowest BCUT2D eigenvalue weighted by Crippen LogP contribution is -2.23. The number of nitrogens with zero attached hydrogens (tertiary/aromatic N) is 4. The summed E-state index contributed by atoms with van der Waals surface area (Å²) in [5.41, 5.74) is 10.1. The largest absolute Gasteiger partial charge is 0.466 e. The summed E-state index contributed by atoms with van der Waals surface area (Å²) in [7, 11) is 1.71. The molecule has 8 heteroatoms. The first-order valence-electron chi connectivity index (χ1n) is 11.2. The Bertz CT molecular complexity index is 1420. The van der Waals surface area contributed by atoms with Crippen molar-refractivity contribution in [2.24, 2.45) is 4.99 Å². The van der Waals surface area contributed by atoms with Crippen LogP contribution in [-0.4, -0.2) is 33.8 Å². The van der Waals surface area contributed by atoms with Gasteiger partial charge < -0.3 is 10.5 Å². The Kier molecular flexibility index (Phi) is 7.36. The molecular formula is C27H25ClFN5O. The van der Waals surface area contributed by atoms with E-state index in [1.54, 1.807) is 31.4 Å². The molecule has 4 aromatic rings. The molecule has 2 aromatic heterocycles. The zero-order chi connectivity index (χ0) is 24.9. The number of benzene rings is 2. The normalized spacial score (nSPS) is 12.9. The Hall–Kier alpha value is -3.84. The number of aromatic nitrogens is 3. The van der Waals surface area contributed by atoms with Crippen molar-refractivity contribution in [3.8, 4) is 28.4 Å². The van der Waals surface area contributed by atoms with Gasteiger partial charge in [-0.05, 0) is 61.9 Å². The fourth-order valence-corrected chi connectivity index (χ4v) is 3.95. The number of nitrogens with two attached hydrogens (primary N) is 1. The van der Waals surface area contributed by atoms with Crippen molar-refractivity contribution in [3.63, 3.8) is 0 Å². The second kappa shape index (κ2) is 10.6. The number of aliphatic imine (C=N–C) groups is 1. The van der Waals surface area contributed by atoms with Crippen molar-refractivity contribution in [1.82, 2.24) is 15.0 Å². The molecular weight excluding hydrogens is 465 g/mol. The topological polar surface area (TPSA) is 86.3 Å². The number of allylic oxidation sites excluding steroid dienone is 1. The van der Waals surface area contributed by atoms with Gasteiger partial charge in [0.15, 0.2) is 5.82 Å². The van der Waals surface area contributed by atoms with Crippen molar-refractivity contribution in [3.05, 3.63) is 77.7 Å². The maximum atomic E-state index is 13.6. The molecule has 0 amide bonds. The average Bonchev–Trinajstić information content (AvgIpc) is 2.86. The molecule has 2 N–H and O–H groups in total. The van der Waals surface area contributed by atoms with Crippen molar-refractivity contribution in [2.45, 2.75) is 26.4 Å². The monoisotopic (exact) mass is 489 g/mol. The highest BCUT2D eigenvalue weighted by Gasteiger charge is 2.20. The molecule has 0 bridgehead atoms. The first-order chi connectivity index (χ1) is 16.9. The van der Waals surface area contributed by atoms with Crippen LogP contribution in [0.1, 0.15) is 20.3 Å². The predicted molar refractivity (Wildman–Crippen MR) is 140 cm³/mol. The predicted octanol–water partition coefficient (Wildman–Crippen LogP) is 6.54. The van der Waals surface area contributed by atoms with E-state index < -0.39 is 6.10 Å². The smallest absolute Gasteiger partial charge is 0.258 e. The average molecular weight is 490 g/mol. The summed E-state index contributed by atoms with van der Waals surface area (Å²) in [5.74, 6) is -0.0634. The quantitative estimate of drug-likeness (QED) is 0.298. The van der Waals surface area contributed by atoms with Crippen LogP contribution in [0.4, 0.5) is 10.2 Å². The van der Waals surface area contributed by atoms with Crippen LogP contribution in [0, 0.1) is 5.82 Å². The van der Waals surface area contributed by atoms with Gasteiger partial charge in [-0.3, -0.25) is 9.98 Å². The molecule has 0 saturated heterocycles. The van der Waals surface area contributed by atoms with Gasteiger partial charge in [-0.25, -0.2) is 14.4 Å². The molecule has 1 unspecified atom stereocenters. The lowest BCUT2D eigenvalue weighted by atomic mass is 10.0. The van der Waals surface area contributed by atoms with Crippen LogP contribution in [0.5, 0.6) is 5.88 Å². The SMILES string of the molecule is CC/C=C\C(=NC)C(C)Oc1nc(-c2cc(Cl)c3ncccc3c2)c(-c2ccc(F)cc2)nc1N. The van der Waals surface area contributed by atoms with E-state index in [0.717, 1.165) is 17.5 Å². The third-order valence-corrected chi connectivity index (χ3v) is 5.71. The highest BCUT2D eigenvalue weighted by molar-refractivity contribution is 6.35. The van der Waals surface area contributed by atoms with Gasteiger partial charge >= 0.3 is 0 Å². The Labute approximate surface area is 208 Å². The summed E-state index contributed by atoms with van der Waals surface area (Å²) < 4.78 is 19.7. The Morgan fingerprint density at radius 2 is 1.89 bits per heavy atom. The number of nitrogen functional groups attached to an aromatic ring is 1. The van der Waals surface area contributed by atoms with Gasteiger partial charge in [0.05, 0.1) is 21.9 Å². The summed E-state index contributed by atoms with van der Waals surface area (Å²) in [5, 5.41) is 1.32. The number of ether oxygens (including phenoxy) is 1. The van der Waals surface area contributed by atoms with E-state index in [-0.39, 0.29) is 17.5 Å². The third kappa shape index (κ3) is 5.30. The highest BCUT2D eigenvalue weighted by Crippen LogP contribution is 2.36. The molecule has 178 valence electrons. The van der Waals surface area contributed by atoms with Gasteiger partial charge in [0.1, 0.15) is 17.6 Å². The minimum absolute atomic E-state index is 0.114. The van der Waals surface area contributed by atoms with Crippen molar-refractivity contribution < 1.29 is 9.13 Å². The van der Waals surface area contributed by atoms with Crippen LogP contribution in [0.25, 0.3) is 33.4 Å². The van der Waals surface area contributed by atoms with Gasteiger partial charge in [0.25, 0.3) is 5.88 Å². The molecule has 0 aliphatic rings. The van der Waals surface area contributed by atoms with Crippen LogP contribution in [0.2, 0.25) is 5.02 Å². The fraction of sp³-hybridized carbons (Fsp3) is 0.185. The zero-order valence-electron chi connectivity index (χ0n) is 19.7. The number of fused-ring (bicyclic) bond motifs is 1. The molecule has 35 heavy (non-hydrogen) atoms. The number of pyridine rings is 1. The molecule has 2 heterocycles. The van der Waals surface area contributed by atoms with Gasteiger partial charge in [0.2, 0.25) is 0 Å². The number of halogens is 2. The van der Waals surface area contributed by atoms with E-state index in [9.17, 15) is 4.39 Å². The zero-order valence-corrected chi connectivity index (χ0v) is 20.4. The standard InChI is InChI=1S/C27H25ClFN5O/c1-4-5-8-22(31-3)16(2)35-27-26(30)33-24(17-9-11-20(29)12-10-17)25(34-27)19-14-18-7-6-13-32-23(18)21(28)15-19/h5-16H,4H2,1-3H3,(H2,30,33)/b8-5-,31-22?. The van der Waals surface area contributed by atoms with Crippen molar-refractivity contribution in [1.29, 1.82) is 0 Å². The second-order valence-electron chi connectivity index (χ2n) is 7.87. The minimum Gasteiger partial charge on any atom is -0.466 e. The fourth-order valence-electron chi connectivity index (χ4n) is 3.67. The molecule has 4 rings (SSSR count). The molecule has 1 atom stereocenters. The first-order valence-corrected chi connectivity index (χ1v) is 11.6. The maximum Gasteiger partial charge on any atom is 0.258 e. The Morgan fingerprint density at radius 3 is 2.60 bits per heavy atom. The van der Waals surface area contributed by atoms with E-state index in [1.807, 2.05) is 44.2 Å². The number of hydrogen-bond donors (Lipinski definition) is 1. The summed E-state index contributed by atoms with van der Waals surface area (Å²) in [6, 6.07) is 13.5. The van der Waals surface area contributed by atoms with Crippen LogP contribution in [-0.2, 0) is 0 Å². The first kappa shape index (κ1) is 24.3. The maximum absolute atomic E-state index is 13.6. The van der Waals surface area contributed by atoms with Crippen LogP contribution >= 0.6 is 11.6 Å². The van der Waals surface area contributed by atoms with Gasteiger partial charge in [-0.15, -0.1) is 0 Å². The van der Waals surface area contributed by atoms with Crippen LogP contribution < -0.4 is 10.5 Å². The third-order valence-electron chi connectivity index (χ3n) is 5.43. The number of hydrogen-bond acceptors (Lipinski definition) is 6. The van der Waals surface area contributed by atoms with Gasteiger partial charge in [-0.2, -0.15) is 0 Å². The summed E-state index contributed by atoms with van der Waals surface area (Å²) in [6.45, 7) is 3.92. The Balaban J connectivity index is 1.87. The van der Waals surface area contributed by atoms with E-state index in [1.165, 1.54) is 12.1 Å². The Morgan fingerprint density at radius 1 is 1.14 bits per heavy atom. The lowest BCUT2D eigenvalue weighted by Gasteiger charge is -2.18.